The van der Waals surface area contributed by atoms with Crippen LogP contribution in [0.3, 0.4) is 0 Å². The number of likely N-dealkylation sites (N-methyl/N-ethyl adjacent to an activating group) is 1. The lowest BCUT2D eigenvalue weighted by Gasteiger charge is -2.41. The number of benzene rings is 1. The average Bonchev–Trinajstić information content (AvgIpc) is 2.73. The van der Waals surface area contributed by atoms with E-state index >= 15 is 0 Å². The fourth-order valence-corrected chi connectivity index (χ4v) is 4.53. The second kappa shape index (κ2) is 9.81. The van der Waals surface area contributed by atoms with Gasteiger partial charge in [-0.2, -0.15) is 0 Å². The average molecular weight is 440 g/mol. The minimum absolute atomic E-state index is 0.0817. The number of hydrogen-bond acceptors (Lipinski definition) is 8. The zero-order valence-corrected chi connectivity index (χ0v) is 17.9. The molecule has 31 heavy (non-hydrogen) atoms. The van der Waals surface area contributed by atoms with Gasteiger partial charge in [0.15, 0.2) is 6.10 Å². The predicted molar refractivity (Wildman–Crippen MR) is 111 cm³/mol. The van der Waals surface area contributed by atoms with Crippen LogP contribution in [-0.4, -0.2) is 93.3 Å². The van der Waals surface area contributed by atoms with Gasteiger partial charge in [-0.25, -0.2) is 4.79 Å². The summed E-state index contributed by atoms with van der Waals surface area (Å²) in [6.07, 6.45) is -3.64. The van der Waals surface area contributed by atoms with E-state index in [1.54, 1.807) is 12.1 Å². The first-order valence-corrected chi connectivity index (χ1v) is 10.7. The van der Waals surface area contributed by atoms with Crippen LogP contribution in [0.1, 0.15) is 43.6 Å². The van der Waals surface area contributed by atoms with Crippen LogP contribution in [0.25, 0.3) is 0 Å². The third-order valence-corrected chi connectivity index (χ3v) is 6.26. The molecule has 1 aliphatic carbocycles. The van der Waals surface area contributed by atoms with Gasteiger partial charge in [-0.3, -0.25) is 0 Å². The zero-order valence-electron chi connectivity index (χ0n) is 17.9. The molecule has 9 nitrogen and oxygen atoms in total. The highest BCUT2D eigenvalue weighted by Crippen LogP contribution is 2.40. The molecule has 1 saturated heterocycles. The summed E-state index contributed by atoms with van der Waals surface area (Å²) in [5.74, 6) is -1.24. The van der Waals surface area contributed by atoms with E-state index in [1.807, 2.05) is 31.1 Å². The number of rotatable bonds is 7. The van der Waals surface area contributed by atoms with Crippen molar-refractivity contribution in [3.05, 3.63) is 29.8 Å². The second-order valence-corrected chi connectivity index (χ2v) is 8.90. The van der Waals surface area contributed by atoms with E-state index in [2.05, 4.69) is 0 Å². The Kier molecular flexibility index (Phi) is 7.56. The van der Waals surface area contributed by atoms with Crippen LogP contribution in [-0.2, 0) is 9.53 Å². The molecule has 1 aliphatic heterocycles. The number of ether oxygens (including phenoxy) is 2. The van der Waals surface area contributed by atoms with E-state index in [0.29, 0.717) is 12.3 Å². The first kappa shape index (κ1) is 23.9. The zero-order chi connectivity index (χ0) is 22.8. The van der Waals surface area contributed by atoms with Gasteiger partial charge >= 0.3 is 5.97 Å². The summed E-state index contributed by atoms with van der Waals surface area (Å²) in [7, 11) is 3.94. The number of aliphatic carboxylic acids is 1. The van der Waals surface area contributed by atoms with Crippen LogP contribution in [0, 0.1) is 0 Å². The topological polar surface area (TPSA) is 140 Å². The number of nitrogens with zero attached hydrogens (tertiary/aromatic N) is 1. The number of aliphatic hydroxyl groups is 4. The number of hydrogen-bond donors (Lipinski definition) is 5. The predicted octanol–water partition coefficient (Wildman–Crippen LogP) is 0.298. The van der Waals surface area contributed by atoms with Crippen LogP contribution in [0.2, 0.25) is 0 Å². The molecule has 3 rings (SSSR count). The van der Waals surface area contributed by atoms with E-state index in [4.69, 9.17) is 14.6 Å². The Bertz CT molecular complexity index is 734. The van der Waals surface area contributed by atoms with Crippen LogP contribution >= 0.6 is 0 Å². The number of carbonyl (C=O) groups is 1. The lowest BCUT2D eigenvalue weighted by Crippen LogP contribution is -2.61. The van der Waals surface area contributed by atoms with E-state index in [1.165, 1.54) is 0 Å². The third-order valence-electron chi connectivity index (χ3n) is 6.26. The normalized spacial score (nSPS) is 31.9. The van der Waals surface area contributed by atoms with Gasteiger partial charge in [0.1, 0.15) is 24.1 Å². The van der Waals surface area contributed by atoms with Crippen LogP contribution in [0.15, 0.2) is 24.3 Å². The molecule has 0 radical (unpaired) electrons. The van der Waals surface area contributed by atoms with Crippen molar-refractivity contribution in [3.8, 4) is 5.75 Å². The van der Waals surface area contributed by atoms with Crippen LogP contribution in [0.4, 0.5) is 0 Å². The van der Waals surface area contributed by atoms with Crippen molar-refractivity contribution >= 4 is 5.97 Å². The highest BCUT2D eigenvalue weighted by molar-refractivity contribution is 5.73. The van der Waals surface area contributed by atoms with Gasteiger partial charge in [0.05, 0.1) is 5.60 Å². The highest BCUT2D eigenvalue weighted by Gasteiger charge is 2.48. The smallest absolute Gasteiger partial charge is 0.335 e. The van der Waals surface area contributed by atoms with Gasteiger partial charge in [-0.1, -0.05) is 31.4 Å². The molecule has 0 aromatic heterocycles. The maximum atomic E-state index is 11.3. The largest absolute Gasteiger partial charge is 0.479 e. The molecule has 174 valence electrons. The molecule has 0 spiro atoms. The fourth-order valence-electron chi connectivity index (χ4n) is 4.53. The standard InChI is InChI=1S/C22H33NO8/c1-23(2)12-15(22(29)10-4-3-5-11-22)13-6-8-14(9-7-13)30-21-18(26)16(24)17(25)19(31-21)20(27)28/h6-9,15-19,21,24-26,29H,3-5,10-12H2,1-2H3,(H,27,28)/t15-,16+,17+,18-,19+,21-/m1/s1. The first-order valence-electron chi connectivity index (χ1n) is 10.7. The summed E-state index contributed by atoms with van der Waals surface area (Å²) in [5.41, 5.74) is 0.178. The Morgan fingerprint density at radius 1 is 1.10 bits per heavy atom. The lowest BCUT2D eigenvalue weighted by atomic mass is 9.72. The summed E-state index contributed by atoms with van der Waals surface area (Å²) in [6, 6.07) is 7.00. The van der Waals surface area contributed by atoms with E-state index < -0.39 is 42.3 Å². The summed E-state index contributed by atoms with van der Waals surface area (Å²) in [5, 5.41) is 50.3. The molecular weight excluding hydrogens is 406 g/mol. The first-order chi connectivity index (χ1) is 14.6. The van der Waals surface area contributed by atoms with Crippen molar-refractivity contribution in [2.75, 3.05) is 20.6 Å². The van der Waals surface area contributed by atoms with Gasteiger partial charge in [-0.05, 0) is 44.6 Å². The summed E-state index contributed by atoms with van der Waals surface area (Å²) in [6.45, 7) is 0.686. The molecule has 0 unspecified atom stereocenters. The fraction of sp³-hybridized carbons (Fsp3) is 0.682. The van der Waals surface area contributed by atoms with E-state index in [-0.39, 0.29) is 5.92 Å². The Labute approximate surface area is 181 Å². The summed E-state index contributed by atoms with van der Waals surface area (Å²) >= 11 is 0. The minimum atomic E-state index is -1.77. The molecule has 1 saturated carbocycles. The highest BCUT2D eigenvalue weighted by atomic mass is 16.7. The summed E-state index contributed by atoms with van der Waals surface area (Å²) in [4.78, 5) is 13.3. The maximum Gasteiger partial charge on any atom is 0.335 e. The number of carboxylic acid groups (broad SMARTS) is 1. The van der Waals surface area contributed by atoms with Gasteiger partial charge < -0.3 is 39.9 Å². The van der Waals surface area contributed by atoms with Crippen molar-refractivity contribution in [1.82, 2.24) is 4.90 Å². The Morgan fingerprint density at radius 3 is 2.26 bits per heavy atom. The summed E-state index contributed by atoms with van der Waals surface area (Å²) < 4.78 is 10.7. The number of carboxylic acids is 1. The molecule has 1 aromatic carbocycles. The molecule has 9 heteroatoms. The SMILES string of the molecule is CN(C)C[C@H](c1ccc(O[C@@H]2O[C@H](C(=O)O)[C@@H](O)[C@H](O)[C@H]2O)cc1)C1(O)CCCCC1. The molecule has 2 fully saturated rings. The van der Waals surface area contributed by atoms with Gasteiger partial charge in [0.25, 0.3) is 0 Å². The third kappa shape index (κ3) is 5.36. The van der Waals surface area contributed by atoms with Crippen molar-refractivity contribution in [3.63, 3.8) is 0 Å². The van der Waals surface area contributed by atoms with Crippen molar-refractivity contribution in [2.24, 2.45) is 0 Å². The molecule has 0 bridgehead atoms. The quantitative estimate of drug-likeness (QED) is 0.406. The van der Waals surface area contributed by atoms with Crippen molar-refractivity contribution in [1.29, 1.82) is 0 Å². The second-order valence-electron chi connectivity index (χ2n) is 8.90. The molecule has 2 aliphatic rings. The van der Waals surface area contributed by atoms with Gasteiger partial charge in [0.2, 0.25) is 6.29 Å². The minimum Gasteiger partial charge on any atom is -0.479 e. The monoisotopic (exact) mass is 439 g/mol. The Hall–Kier alpha value is -1.75. The molecular formula is C22H33NO8. The van der Waals surface area contributed by atoms with E-state index in [0.717, 1.165) is 37.7 Å². The lowest BCUT2D eigenvalue weighted by molar-refractivity contribution is -0.271. The Balaban J connectivity index is 1.75. The van der Waals surface area contributed by atoms with Crippen LogP contribution < -0.4 is 4.74 Å². The molecule has 0 amide bonds. The molecule has 1 aromatic rings. The molecule has 1 heterocycles. The van der Waals surface area contributed by atoms with Crippen molar-refractivity contribution < 1.29 is 39.8 Å². The van der Waals surface area contributed by atoms with Crippen molar-refractivity contribution in [2.45, 2.75) is 74.3 Å². The van der Waals surface area contributed by atoms with Gasteiger partial charge in [-0.15, -0.1) is 0 Å². The maximum absolute atomic E-state index is 11.3. The van der Waals surface area contributed by atoms with Crippen LogP contribution in [0.5, 0.6) is 5.75 Å². The molecule has 6 atom stereocenters. The molecule has 5 N–H and O–H groups in total. The number of aliphatic hydroxyl groups excluding tert-OH is 3. The van der Waals surface area contributed by atoms with Gasteiger partial charge in [0, 0.05) is 12.5 Å². The Morgan fingerprint density at radius 2 is 1.71 bits per heavy atom. The van der Waals surface area contributed by atoms with E-state index in [9.17, 15) is 25.2 Å².